The van der Waals surface area contributed by atoms with Crippen LogP contribution in [0, 0.1) is 12.3 Å². The minimum atomic E-state index is 0.505. The number of benzene rings is 1. The first-order valence-corrected chi connectivity index (χ1v) is 10.4. The van der Waals surface area contributed by atoms with Gasteiger partial charge in [-0.25, -0.2) is 4.57 Å². The van der Waals surface area contributed by atoms with Crippen LogP contribution in [0.1, 0.15) is 42.4 Å². The first-order chi connectivity index (χ1) is 13.7. The van der Waals surface area contributed by atoms with Crippen molar-refractivity contribution in [1.29, 1.82) is 0 Å². The summed E-state index contributed by atoms with van der Waals surface area (Å²) in [4.78, 5) is 4.26. The van der Waals surface area contributed by atoms with Gasteiger partial charge in [0.25, 0.3) is 0 Å². The Kier molecular flexibility index (Phi) is 3.30. The zero-order chi connectivity index (χ0) is 18.9. The largest absolute Gasteiger partial charge is 0.454 e. The fourth-order valence-electron chi connectivity index (χ4n) is 5.84. The van der Waals surface area contributed by atoms with E-state index in [9.17, 15) is 0 Å². The molecule has 28 heavy (non-hydrogen) atoms. The van der Waals surface area contributed by atoms with Gasteiger partial charge < -0.3 is 4.42 Å². The van der Waals surface area contributed by atoms with Crippen LogP contribution in [0.4, 0.5) is 0 Å². The Morgan fingerprint density at radius 3 is 2.75 bits per heavy atom. The summed E-state index contributed by atoms with van der Waals surface area (Å²) in [5, 5.41) is 2.33. The van der Waals surface area contributed by atoms with Crippen molar-refractivity contribution in [3.05, 3.63) is 59.5 Å². The second kappa shape index (κ2) is 5.66. The zero-order valence-corrected chi connectivity index (χ0v) is 16.6. The Hall–Kier alpha value is -2.68. The lowest BCUT2D eigenvalue weighted by molar-refractivity contribution is -0.660. The van der Waals surface area contributed by atoms with Crippen molar-refractivity contribution in [2.45, 2.75) is 45.4 Å². The van der Waals surface area contributed by atoms with Crippen molar-refractivity contribution >= 4 is 21.9 Å². The molecule has 0 aliphatic heterocycles. The van der Waals surface area contributed by atoms with Gasteiger partial charge in [-0.3, -0.25) is 4.98 Å². The standard InChI is InChI=1S/C25H25N2O/c1-16-5-6-19-18-7-11-26-15-21(18)28-24(19)22(16)23-20-14-25(9-3-4-10-25)13-17(20)8-12-27(23)2/h5-8,11-12,15H,3-4,9-10,13-14H2,1-2H3/q+1. The second-order valence-corrected chi connectivity index (χ2v) is 8.95. The monoisotopic (exact) mass is 369 g/mol. The number of fused-ring (bicyclic) bond motifs is 4. The fraction of sp³-hybridized carbons (Fsp3) is 0.360. The molecule has 0 unspecified atom stereocenters. The average molecular weight is 369 g/mol. The number of nitrogens with zero attached hydrogens (tertiary/aromatic N) is 2. The zero-order valence-electron chi connectivity index (χ0n) is 16.6. The van der Waals surface area contributed by atoms with E-state index in [0.717, 1.165) is 16.6 Å². The molecule has 0 radical (unpaired) electrons. The summed E-state index contributed by atoms with van der Waals surface area (Å²) in [5.41, 5.74) is 9.33. The highest BCUT2D eigenvalue weighted by molar-refractivity contribution is 6.09. The molecule has 1 aromatic carbocycles. The van der Waals surface area contributed by atoms with Crippen molar-refractivity contribution < 1.29 is 8.98 Å². The van der Waals surface area contributed by atoms with Crippen LogP contribution in [-0.2, 0) is 19.9 Å². The lowest BCUT2D eigenvalue weighted by Gasteiger charge is -2.21. The molecule has 0 bridgehead atoms. The number of aromatic nitrogens is 2. The van der Waals surface area contributed by atoms with Crippen LogP contribution in [-0.4, -0.2) is 4.98 Å². The van der Waals surface area contributed by atoms with Gasteiger partial charge in [-0.15, -0.1) is 0 Å². The molecule has 3 heteroatoms. The molecule has 1 fully saturated rings. The molecule has 6 rings (SSSR count). The van der Waals surface area contributed by atoms with Gasteiger partial charge in [0.15, 0.2) is 11.8 Å². The Bertz CT molecular complexity index is 1240. The highest BCUT2D eigenvalue weighted by Gasteiger charge is 2.43. The number of aryl methyl sites for hydroxylation is 2. The summed E-state index contributed by atoms with van der Waals surface area (Å²) in [6, 6.07) is 8.85. The van der Waals surface area contributed by atoms with Crippen LogP contribution in [0.25, 0.3) is 33.2 Å². The number of hydrogen-bond donors (Lipinski definition) is 0. The molecule has 2 aliphatic carbocycles. The van der Waals surface area contributed by atoms with Gasteiger partial charge in [-0.05, 0) is 55.2 Å². The van der Waals surface area contributed by atoms with E-state index in [1.54, 1.807) is 11.1 Å². The molecule has 0 N–H and O–H groups in total. The summed E-state index contributed by atoms with van der Waals surface area (Å²) in [5.74, 6) is 0. The van der Waals surface area contributed by atoms with E-state index in [-0.39, 0.29) is 0 Å². The molecular formula is C25H25N2O+. The van der Waals surface area contributed by atoms with Gasteiger partial charge in [-0.1, -0.05) is 25.0 Å². The van der Waals surface area contributed by atoms with Gasteiger partial charge in [0, 0.05) is 28.6 Å². The Morgan fingerprint density at radius 2 is 1.89 bits per heavy atom. The van der Waals surface area contributed by atoms with Gasteiger partial charge in [0.1, 0.15) is 12.6 Å². The van der Waals surface area contributed by atoms with E-state index in [1.807, 2.05) is 12.4 Å². The van der Waals surface area contributed by atoms with Crippen LogP contribution in [0.5, 0.6) is 0 Å². The van der Waals surface area contributed by atoms with E-state index in [4.69, 9.17) is 4.42 Å². The topological polar surface area (TPSA) is 29.9 Å². The van der Waals surface area contributed by atoms with Crippen molar-refractivity contribution in [3.63, 3.8) is 0 Å². The Morgan fingerprint density at radius 1 is 1.04 bits per heavy atom. The number of rotatable bonds is 1. The van der Waals surface area contributed by atoms with Crippen LogP contribution in [0.2, 0.25) is 0 Å². The fourth-order valence-corrected chi connectivity index (χ4v) is 5.84. The maximum atomic E-state index is 6.37. The third kappa shape index (κ3) is 2.16. The number of pyridine rings is 2. The first-order valence-electron chi connectivity index (χ1n) is 10.4. The van der Waals surface area contributed by atoms with Gasteiger partial charge in [-0.2, -0.15) is 0 Å². The van der Waals surface area contributed by atoms with Crippen LogP contribution in [0.15, 0.2) is 47.3 Å². The number of furan rings is 1. The molecule has 0 amide bonds. The second-order valence-electron chi connectivity index (χ2n) is 8.95. The molecule has 3 nitrogen and oxygen atoms in total. The van der Waals surface area contributed by atoms with E-state index in [0.29, 0.717) is 5.41 Å². The molecule has 2 aliphatic rings. The molecule has 0 saturated heterocycles. The van der Waals surface area contributed by atoms with Gasteiger partial charge in [0.2, 0.25) is 5.69 Å². The predicted molar refractivity (Wildman–Crippen MR) is 111 cm³/mol. The van der Waals surface area contributed by atoms with E-state index < -0.39 is 0 Å². The third-order valence-corrected chi connectivity index (χ3v) is 7.20. The highest BCUT2D eigenvalue weighted by atomic mass is 16.3. The molecular weight excluding hydrogens is 344 g/mol. The quantitative estimate of drug-likeness (QED) is 0.418. The van der Waals surface area contributed by atoms with Crippen molar-refractivity contribution in [2.75, 3.05) is 0 Å². The summed E-state index contributed by atoms with van der Waals surface area (Å²) in [6.45, 7) is 2.21. The molecule has 3 aromatic heterocycles. The maximum Gasteiger partial charge on any atom is 0.219 e. The van der Waals surface area contributed by atoms with Crippen LogP contribution in [0.3, 0.4) is 0 Å². The number of hydrogen-bond acceptors (Lipinski definition) is 2. The maximum absolute atomic E-state index is 6.37. The molecule has 1 saturated carbocycles. The third-order valence-electron chi connectivity index (χ3n) is 7.20. The molecule has 3 heterocycles. The van der Waals surface area contributed by atoms with Crippen molar-refractivity contribution in [3.8, 4) is 11.3 Å². The SMILES string of the molecule is Cc1ccc2c(oc3cnccc32)c1-c1c2c(cc[n+]1C)CC1(CCCC1)C2. The Balaban J connectivity index is 1.66. The first kappa shape index (κ1) is 16.3. The molecule has 0 atom stereocenters. The summed E-state index contributed by atoms with van der Waals surface area (Å²) >= 11 is 0. The minimum absolute atomic E-state index is 0.505. The molecule has 140 valence electrons. The van der Waals surface area contributed by atoms with Crippen molar-refractivity contribution in [2.24, 2.45) is 12.5 Å². The Labute approximate surface area is 165 Å². The predicted octanol–water partition coefficient (Wildman–Crippen LogP) is 5.44. The molecule has 4 aromatic rings. The van der Waals surface area contributed by atoms with Crippen molar-refractivity contribution in [1.82, 2.24) is 4.98 Å². The summed E-state index contributed by atoms with van der Waals surface area (Å²) in [6.07, 6.45) is 13.9. The average Bonchev–Trinajstić information content (AvgIpc) is 3.39. The normalized spacial score (nSPS) is 17.8. The minimum Gasteiger partial charge on any atom is -0.454 e. The van der Waals surface area contributed by atoms with Crippen LogP contribution >= 0.6 is 0 Å². The summed E-state index contributed by atoms with van der Waals surface area (Å²) < 4.78 is 8.68. The van der Waals surface area contributed by atoms with E-state index in [2.05, 4.69) is 54.0 Å². The van der Waals surface area contributed by atoms with Gasteiger partial charge in [0.05, 0.1) is 11.8 Å². The summed E-state index contributed by atoms with van der Waals surface area (Å²) in [7, 11) is 2.18. The lowest BCUT2D eigenvalue weighted by atomic mass is 9.83. The lowest BCUT2D eigenvalue weighted by Crippen LogP contribution is -2.32. The molecule has 1 spiro atoms. The van der Waals surface area contributed by atoms with Crippen LogP contribution < -0.4 is 4.57 Å². The highest BCUT2D eigenvalue weighted by Crippen LogP contribution is 2.51. The van der Waals surface area contributed by atoms with Gasteiger partial charge >= 0.3 is 0 Å². The van der Waals surface area contributed by atoms with E-state index >= 15 is 0 Å². The van der Waals surface area contributed by atoms with E-state index in [1.165, 1.54) is 60.7 Å². The smallest absolute Gasteiger partial charge is 0.219 e.